The number of hydrogen-bond acceptors (Lipinski definition) is 4. The highest BCUT2D eigenvalue weighted by Gasteiger charge is 2.11. The molecular formula is C12H22N4O2. The van der Waals surface area contributed by atoms with Gasteiger partial charge < -0.3 is 9.64 Å². The van der Waals surface area contributed by atoms with Crippen molar-refractivity contribution >= 4 is 5.91 Å². The molecule has 0 aliphatic carbocycles. The Labute approximate surface area is 108 Å². The van der Waals surface area contributed by atoms with Gasteiger partial charge in [-0.05, 0) is 13.8 Å². The standard InChI is InChI=1S/C12H22N4O2/c1-5-16-11(7-8-12(17)15(3)4)13-10(14-16)9-18-6-2/h5-9H2,1-4H3. The van der Waals surface area contributed by atoms with Gasteiger partial charge in [0.1, 0.15) is 12.4 Å². The van der Waals surface area contributed by atoms with E-state index in [1.807, 2.05) is 18.5 Å². The molecule has 6 heteroatoms. The van der Waals surface area contributed by atoms with Gasteiger partial charge in [-0.15, -0.1) is 0 Å². The quantitative estimate of drug-likeness (QED) is 0.724. The number of carbonyl (C=O) groups excluding carboxylic acids is 1. The van der Waals surface area contributed by atoms with E-state index >= 15 is 0 Å². The minimum atomic E-state index is 0.104. The second-order valence-corrected chi connectivity index (χ2v) is 4.19. The minimum Gasteiger partial charge on any atom is -0.374 e. The van der Waals surface area contributed by atoms with Crippen molar-refractivity contribution < 1.29 is 9.53 Å². The predicted molar refractivity (Wildman–Crippen MR) is 68.0 cm³/mol. The third kappa shape index (κ3) is 4.10. The lowest BCUT2D eigenvalue weighted by atomic mass is 10.2. The first kappa shape index (κ1) is 14.6. The molecule has 0 unspecified atom stereocenters. The molecule has 0 aromatic carbocycles. The summed E-state index contributed by atoms with van der Waals surface area (Å²) in [5.74, 6) is 1.64. The minimum absolute atomic E-state index is 0.104. The molecule has 0 fully saturated rings. The van der Waals surface area contributed by atoms with Gasteiger partial charge in [-0.25, -0.2) is 9.67 Å². The molecule has 1 aromatic heterocycles. The van der Waals surface area contributed by atoms with Crippen LogP contribution in [0.2, 0.25) is 0 Å². The van der Waals surface area contributed by atoms with Crippen molar-refractivity contribution in [2.24, 2.45) is 0 Å². The lowest BCUT2D eigenvalue weighted by Crippen LogP contribution is -2.22. The highest BCUT2D eigenvalue weighted by atomic mass is 16.5. The maximum absolute atomic E-state index is 11.5. The number of amides is 1. The van der Waals surface area contributed by atoms with Crippen LogP contribution in [0.1, 0.15) is 31.9 Å². The average molecular weight is 254 g/mol. The van der Waals surface area contributed by atoms with Gasteiger partial charge in [-0.2, -0.15) is 5.10 Å². The molecule has 1 rings (SSSR count). The predicted octanol–water partition coefficient (Wildman–Crippen LogP) is 0.855. The second kappa shape index (κ2) is 7.10. The summed E-state index contributed by atoms with van der Waals surface area (Å²) >= 11 is 0. The number of carbonyl (C=O) groups is 1. The Morgan fingerprint density at radius 3 is 2.67 bits per heavy atom. The molecule has 102 valence electrons. The Morgan fingerprint density at radius 2 is 2.11 bits per heavy atom. The third-order valence-electron chi connectivity index (χ3n) is 2.59. The number of aromatic nitrogens is 3. The maximum atomic E-state index is 11.5. The fourth-order valence-electron chi connectivity index (χ4n) is 1.56. The van der Waals surface area contributed by atoms with Gasteiger partial charge >= 0.3 is 0 Å². The highest BCUT2D eigenvalue weighted by Crippen LogP contribution is 2.05. The molecule has 6 nitrogen and oxygen atoms in total. The molecular weight excluding hydrogens is 232 g/mol. The molecule has 0 saturated carbocycles. The van der Waals surface area contributed by atoms with Crippen LogP contribution in [0.25, 0.3) is 0 Å². The molecule has 0 radical (unpaired) electrons. The Hall–Kier alpha value is -1.43. The summed E-state index contributed by atoms with van der Waals surface area (Å²) in [7, 11) is 3.51. The summed E-state index contributed by atoms with van der Waals surface area (Å²) in [6.07, 6.45) is 1.07. The Morgan fingerprint density at radius 1 is 1.39 bits per heavy atom. The molecule has 1 aromatic rings. The zero-order valence-electron chi connectivity index (χ0n) is 11.6. The number of hydrogen-bond donors (Lipinski definition) is 0. The van der Waals surface area contributed by atoms with E-state index in [9.17, 15) is 4.79 Å². The Kier molecular flexibility index (Phi) is 5.77. The van der Waals surface area contributed by atoms with Crippen molar-refractivity contribution in [2.75, 3.05) is 20.7 Å². The van der Waals surface area contributed by atoms with E-state index in [2.05, 4.69) is 10.1 Å². The molecule has 0 aliphatic heterocycles. The van der Waals surface area contributed by atoms with E-state index in [1.54, 1.807) is 19.0 Å². The lowest BCUT2D eigenvalue weighted by Gasteiger charge is -2.09. The van der Waals surface area contributed by atoms with Crippen molar-refractivity contribution in [1.29, 1.82) is 0 Å². The van der Waals surface area contributed by atoms with Gasteiger partial charge in [-0.1, -0.05) is 0 Å². The lowest BCUT2D eigenvalue weighted by molar-refractivity contribution is -0.128. The third-order valence-corrected chi connectivity index (χ3v) is 2.59. The zero-order chi connectivity index (χ0) is 13.5. The monoisotopic (exact) mass is 254 g/mol. The van der Waals surface area contributed by atoms with Crippen molar-refractivity contribution in [3.05, 3.63) is 11.6 Å². The molecule has 0 bridgehead atoms. The van der Waals surface area contributed by atoms with Gasteiger partial charge in [0.2, 0.25) is 5.91 Å². The second-order valence-electron chi connectivity index (χ2n) is 4.19. The van der Waals surface area contributed by atoms with Gasteiger partial charge in [0, 0.05) is 40.1 Å². The first-order valence-electron chi connectivity index (χ1n) is 6.29. The van der Waals surface area contributed by atoms with Crippen LogP contribution in [0.15, 0.2) is 0 Å². The Balaban J connectivity index is 2.63. The molecule has 0 N–H and O–H groups in total. The summed E-state index contributed by atoms with van der Waals surface area (Å²) in [4.78, 5) is 17.5. The molecule has 0 aliphatic rings. The first-order chi connectivity index (χ1) is 8.58. The number of nitrogens with zero attached hydrogens (tertiary/aromatic N) is 4. The van der Waals surface area contributed by atoms with Crippen LogP contribution in [-0.4, -0.2) is 46.3 Å². The summed E-state index contributed by atoms with van der Waals surface area (Å²) in [5.41, 5.74) is 0. The fraction of sp³-hybridized carbons (Fsp3) is 0.750. The first-order valence-corrected chi connectivity index (χ1v) is 6.29. The smallest absolute Gasteiger partial charge is 0.222 e. The molecule has 0 atom stereocenters. The van der Waals surface area contributed by atoms with Crippen molar-refractivity contribution in [3.63, 3.8) is 0 Å². The van der Waals surface area contributed by atoms with Gasteiger partial charge in [0.05, 0.1) is 0 Å². The van der Waals surface area contributed by atoms with Crippen molar-refractivity contribution in [1.82, 2.24) is 19.7 Å². The Bertz CT molecular complexity index is 387. The molecule has 1 amide bonds. The van der Waals surface area contributed by atoms with Crippen LogP contribution in [0.4, 0.5) is 0 Å². The SMILES string of the molecule is CCOCc1nc(CCC(=O)N(C)C)n(CC)n1. The van der Waals surface area contributed by atoms with Crippen LogP contribution >= 0.6 is 0 Å². The van der Waals surface area contributed by atoms with Gasteiger partial charge in [0.25, 0.3) is 0 Å². The summed E-state index contributed by atoms with van der Waals surface area (Å²) < 4.78 is 7.11. The van der Waals surface area contributed by atoms with E-state index in [-0.39, 0.29) is 5.91 Å². The summed E-state index contributed by atoms with van der Waals surface area (Å²) in [6.45, 7) is 5.78. The number of ether oxygens (including phenoxy) is 1. The van der Waals surface area contributed by atoms with E-state index in [1.165, 1.54) is 0 Å². The highest BCUT2D eigenvalue weighted by molar-refractivity contribution is 5.75. The fourth-order valence-corrected chi connectivity index (χ4v) is 1.56. The van der Waals surface area contributed by atoms with Crippen LogP contribution < -0.4 is 0 Å². The van der Waals surface area contributed by atoms with Crippen LogP contribution in [0.5, 0.6) is 0 Å². The largest absolute Gasteiger partial charge is 0.374 e. The molecule has 18 heavy (non-hydrogen) atoms. The molecule has 0 saturated heterocycles. The normalized spacial score (nSPS) is 10.7. The number of aryl methyl sites for hydroxylation is 2. The van der Waals surface area contributed by atoms with Crippen molar-refractivity contribution in [3.8, 4) is 0 Å². The van der Waals surface area contributed by atoms with Crippen LogP contribution in [0.3, 0.4) is 0 Å². The maximum Gasteiger partial charge on any atom is 0.222 e. The van der Waals surface area contributed by atoms with Gasteiger partial charge in [-0.3, -0.25) is 4.79 Å². The van der Waals surface area contributed by atoms with Crippen molar-refractivity contribution in [2.45, 2.75) is 39.8 Å². The van der Waals surface area contributed by atoms with E-state index in [0.29, 0.717) is 31.9 Å². The van der Waals surface area contributed by atoms with E-state index < -0.39 is 0 Å². The molecule has 1 heterocycles. The van der Waals surface area contributed by atoms with Crippen LogP contribution in [0, 0.1) is 0 Å². The van der Waals surface area contributed by atoms with Crippen LogP contribution in [-0.2, 0) is 29.1 Å². The average Bonchev–Trinajstić information content (AvgIpc) is 2.75. The molecule has 0 spiro atoms. The topological polar surface area (TPSA) is 60.2 Å². The zero-order valence-corrected chi connectivity index (χ0v) is 11.6. The van der Waals surface area contributed by atoms with E-state index in [0.717, 1.165) is 12.4 Å². The summed E-state index contributed by atoms with van der Waals surface area (Å²) in [6, 6.07) is 0. The summed E-state index contributed by atoms with van der Waals surface area (Å²) in [5, 5.41) is 4.34. The number of rotatable bonds is 7. The van der Waals surface area contributed by atoms with Gasteiger partial charge in [0.15, 0.2) is 5.82 Å². The van der Waals surface area contributed by atoms with E-state index in [4.69, 9.17) is 4.74 Å².